The molecule has 1 aliphatic heterocycles. The Labute approximate surface area is 201 Å². The number of nitrogens with zero attached hydrogens (tertiary/aromatic N) is 1. The van der Waals surface area contributed by atoms with Gasteiger partial charge in [0.05, 0.1) is 12.4 Å². The maximum absolute atomic E-state index is 13.3. The Bertz CT molecular complexity index is 1060. The summed E-state index contributed by atoms with van der Waals surface area (Å²) in [5, 5.41) is 0. The second kappa shape index (κ2) is 11.1. The zero-order chi connectivity index (χ0) is 24.8. The standard InChI is InChI=1S/C25H33NO7S/c1-5-6-14-34(28,29)26(24(27)33-25(2,3)4)22-15-20(30-17-21-18-31-21)12-13-23(22)32-16-19-10-8-7-9-11-19/h7-13,15,21H,5-6,14,16-18H2,1-4H3/t21-/m0/s1. The largest absolute Gasteiger partial charge is 0.491 e. The molecular weight excluding hydrogens is 458 g/mol. The summed E-state index contributed by atoms with van der Waals surface area (Å²) in [4.78, 5) is 13.2. The Kier molecular flexibility index (Phi) is 8.43. The SMILES string of the molecule is CCCCS(=O)(=O)N(C(=O)OC(C)(C)C)c1cc(OC[C@H]2CO2)ccc1OCc1ccccc1. The second-order valence-corrected chi connectivity index (χ2v) is 11.0. The Morgan fingerprint density at radius 1 is 1.12 bits per heavy atom. The molecule has 0 saturated carbocycles. The summed E-state index contributed by atoms with van der Waals surface area (Å²) in [6, 6.07) is 14.3. The first-order valence-electron chi connectivity index (χ1n) is 11.4. The van der Waals surface area contributed by atoms with E-state index in [0.717, 1.165) is 5.56 Å². The van der Waals surface area contributed by atoms with Gasteiger partial charge in [0.25, 0.3) is 0 Å². The van der Waals surface area contributed by atoms with E-state index in [0.29, 0.717) is 36.1 Å². The summed E-state index contributed by atoms with van der Waals surface area (Å²) >= 11 is 0. The van der Waals surface area contributed by atoms with Gasteiger partial charge in [0.1, 0.15) is 42.1 Å². The van der Waals surface area contributed by atoms with Crippen LogP contribution in [0.4, 0.5) is 10.5 Å². The average Bonchev–Trinajstić information content (AvgIpc) is 3.59. The molecular formula is C25H33NO7S. The number of amides is 1. The van der Waals surface area contributed by atoms with Crippen LogP contribution in [0.1, 0.15) is 46.1 Å². The summed E-state index contributed by atoms with van der Waals surface area (Å²) in [5.41, 5.74) is 0.0609. The van der Waals surface area contributed by atoms with E-state index in [1.807, 2.05) is 37.3 Å². The van der Waals surface area contributed by atoms with Crippen molar-refractivity contribution in [2.45, 2.75) is 58.8 Å². The van der Waals surface area contributed by atoms with E-state index >= 15 is 0 Å². The number of sulfonamides is 1. The minimum atomic E-state index is -4.05. The number of carbonyl (C=O) groups is 1. The summed E-state index contributed by atoms with van der Waals surface area (Å²) < 4.78 is 49.8. The fraction of sp³-hybridized carbons (Fsp3) is 0.480. The van der Waals surface area contributed by atoms with Crippen molar-refractivity contribution in [3.63, 3.8) is 0 Å². The zero-order valence-corrected chi connectivity index (χ0v) is 21.0. The van der Waals surface area contributed by atoms with Gasteiger partial charge >= 0.3 is 6.09 Å². The summed E-state index contributed by atoms with van der Waals surface area (Å²) in [6.45, 7) is 8.09. The Morgan fingerprint density at radius 3 is 2.44 bits per heavy atom. The lowest BCUT2D eigenvalue weighted by atomic mass is 10.2. The molecule has 1 amide bonds. The molecule has 3 rings (SSSR count). The topological polar surface area (TPSA) is 94.7 Å². The van der Waals surface area contributed by atoms with E-state index < -0.39 is 21.7 Å². The highest BCUT2D eigenvalue weighted by molar-refractivity contribution is 7.93. The fourth-order valence-electron chi connectivity index (χ4n) is 3.04. The number of benzene rings is 2. The molecule has 1 fully saturated rings. The lowest BCUT2D eigenvalue weighted by Crippen LogP contribution is -2.42. The minimum Gasteiger partial charge on any atom is -0.491 e. The van der Waals surface area contributed by atoms with Crippen LogP contribution in [0.15, 0.2) is 48.5 Å². The molecule has 1 heterocycles. The zero-order valence-electron chi connectivity index (χ0n) is 20.2. The summed E-state index contributed by atoms with van der Waals surface area (Å²) in [6.07, 6.45) is 0.0870. The maximum atomic E-state index is 13.3. The molecule has 0 unspecified atom stereocenters. The molecule has 8 nitrogen and oxygen atoms in total. The third-order valence-corrected chi connectivity index (χ3v) is 6.52. The lowest BCUT2D eigenvalue weighted by Gasteiger charge is -2.28. The molecule has 2 aromatic rings. The van der Waals surface area contributed by atoms with Gasteiger partial charge < -0.3 is 18.9 Å². The van der Waals surface area contributed by atoms with Crippen LogP contribution in [0.3, 0.4) is 0 Å². The molecule has 9 heteroatoms. The molecule has 0 spiro atoms. The van der Waals surface area contributed by atoms with Crippen molar-refractivity contribution < 1.29 is 32.2 Å². The molecule has 0 aromatic heterocycles. The second-order valence-electron chi connectivity index (χ2n) is 9.08. The number of unbranched alkanes of at least 4 members (excludes halogenated alkanes) is 1. The van der Waals surface area contributed by atoms with Crippen LogP contribution in [-0.4, -0.2) is 45.2 Å². The van der Waals surface area contributed by atoms with E-state index in [9.17, 15) is 13.2 Å². The molecule has 0 radical (unpaired) electrons. The van der Waals surface area contributed by atoms with Crippen molar-refractivity contribution in [2.75, 3.05) is 23.3 Å². The fourth-order valence-corrected chi connectivity index (χ4v) is 4.58. The lowest BCUT2D eigenvalue weighted by molar-refractivity contribution is 0.0608. The number of ether oxygens (including phenoxy) is 4. The van der Waals surface area contributed by atoms with E-state index in [1.165, 1.54) is 6.07 Å². The van der Waals surface area contributed by atoms with Crippen molar-refractivity contribution in [3.05, 3.63) is 54.1 Å². The molecule has 1 saturated heterocycles. The first-order chi connectivity index (χ1) is 16.1. The Hall–Kier alpha value is -2.78. The van der Waals surface area contributed by atoms with Gasteiger partial charge in [-0.1, -0.05) is 43.7 Å². The number of rotatable bonds is 11. The first kappa shape index (κ1) is 25.8. The highest BCUT2D eigenvalue weighted by Crippen LogP contribution is 2.36. The normalized spacial score (nSPS) is 15.5. The highest BCUT2D eigenvalue weighted by Gasteiger charge is 2.35. The minimum absolute atomic E-state index is 0.0210. The highest BCUT2D eigenvalue weighted by atomic mass is 32.2. The van der Waals surface area contributed by atoms with Crippen molar-refractivity contribution in [3.8, 4) is 11.5 Å². The Morgan fingerprint density at radius 2 is 1.82 bits per heavy atom. The van der Waals surface area contributed by atoms with E-state index in [4.69, 9.17) is 18.9 Å². The van der Waals surface area contributed by atoms with Crippen molar-refractivity contribution in [1.82, 2.24) is 0 Å². The van der Waals surface area contributed by atoms with Crippen LogP contribution in [0.2, 0.25) is 0 Å². The third kappa shape index (κ3) is 7.63. The molecule has 1 atom stereocenters. The molecule has 0 bridgehead atoms. The quantitative estimate of drug-likeness (QED) is 0.412. The number of hydrogen-bond acceptors (Lipinski definition) is 7. The van der Waals surface area contributed by atoms with Gasteiger partial charge in [-0.25, -0.2) is 13.2 Å². The molecule has 2 aromatic carbocycles. The maximum Gasteiger partial charge on any atom is 0.429 e. The molecule has 0 N–H and O–H groups in total. The third-order valence-electron chi connectivity index (χ3n) is 4.82. The number of anilines is 1. The molecule has 34 heavy (non-hydrogen) atoms. The predicted molar refractivity (Wildman–Crippen MR) is 130 cm³/mol. The van der Waals surface area contributed by atoms with Crippen LogP contribution in [0.5, 0.6) is 11.5 Å². The monoisotopic (exact) mass is 491 g/mol. The van der Waals surface area contributed by atoms with Gasteiger partial charge in [-0.3, -0.25) is 0 Å². The van der Waals surface area contributed by atoms with Crippen LogP contribution in [0, 0.1) is 0 Å². The summed E-state index contributed by atoms with van der Waals surface area (Å²) in [7, 11) is -4.05. The first-order valence-corrected chi connectivity index (χ1v) is 13.0. The van der Waals surface area contributed by atoms with Crippen LogP contribution in [0.25, 0.3) is 0 Å². The van der Waals surface area contributed by atoms with E-state index in [1.54, 1.807) is 32.9 Å². The predicted octanol–water partition coefficient (Wildman–Crippen LogP) is 4.91. The smallest absolute Gasteiger partial charge is 0.429 e. The summed E-state index contributed by atoms with van der Waals surface area (Å²) in [5.74, 6) is 0.420. The van der Waals surface area contributed by atoms with Crippen LogP contribution < -0.4 is 13.8 Å². The average molecular weight is 492 g/mol. The van der Waals surface area contributed by atoms with Gasteiger partial charge in [0, 0.05) is 6.07 Å². The van der Waals surface area contributed by atoms with Gasteiger partial charge in [0.2, 0.25) is 10.0 Å². The van der Waals surface area contributed by atoms with Crippen LogP contribution >= 0.6 is 0 Å². The van der Waals surface area contributed by atoms with E-state index in [-0.39, 0.29) is 29.9 Å². The van der Waals surface area contributed by atoms with Crippen molar-refractivity contribution in [2.24, 2.45) is 0 Å². The van der Waals surface area contributed by atoms with Gasteiger partial charge in [-0.2, -0.15) is 4.31 Å². The Balaban J connectivity index is 2.00. The number of carbonyl (C=O) groups excluding carboxylic acids is 1. The molecule has 1 aliphatic rings. The van der Waals surface area contributed by atoms with Crippen molar-refractivity contribution in [1.29, 1.82) is 0 Å². The van der Waals surface area contributed by atoms with Crippen molar-refractivity contribution >= 4 is 21.8 Å². The number of hydrogen-bond donors (Lipinski definition) is 0. The van der Waals surface area contributed by atoms with Gasteiger partial charge in [-0.15, -0.1) is 0 Å². The number of epoxide rings is 1. The van der Waals surface area contributed by atoms with Crippen LogP contribution in [-0.2, 0) is 26.1 Å². The van der Waals surface area contributed by atoms with Gasteiger partial charge in [-0.05, 0) is 44.9 Å². The molecule has 0 aliphatic carbocycles. The van der Waals surface area contributed by atoms with Gasteiger partial charge in [0.15, 0.2) is 0 Å². The molecule has 186 valence electrons. The van der Waals surface area contributed by atoms with E-state index in [2.05, 4.69) is 0 Å².